The van der Waals surface area contributed by atoms with E-state index in [4.69, 9.17) is 9.84 Å². The molecule has 25 heavy (non-hydrogen) atoms. The second-order valence-electron chi connectivity index (χ2n) is 6.45. The SMILES string of the molecule is O=C(O)C1CCCN(C(=O)CCCOc2cccc3ccccc23)C1. The van der Waals surface area contributed by atoms with Gasteiger partial charge in [0, 0.05) is 24.9 Å². The van der Waals surface area contributed by atoms with Crippen molar-refractivity contribution >= 4 is 22.6 Å². The highest BCUT2D eigenvalue weighted by molar-refractivity contribution is 5.88. The number of ether oxygens (including phenoxy) is 1. The number of likely N-dealkylation sites (tertiary alicyclic amines) is 1. The maximum atomic E-state index is 12.3. The van der Waals surface area contributed by atoms with Crippen LogP contribution in [-0.4, -0.2) is 41.6 Å². The average Bonchev–Trinajstić information content (AvgIpc) is 2.65. The monoisotopic (exact) mass is 341 g/mol. The molecule has 1 amide bonds. The van der Waals surface area contributed by atoms with Gasteiger partial charge in [0.25, 0.3) is 0 Å². The van der Waals surface area contributed by atoms with Crippen LogP contribution in [0.4, 0.5) is 0 Å². The topological polar surface area (TPSA) is 66.8 Å². The van der Waals surface area contributed by atoms with Gasteiger partial charge in [-0.25, -0.2) is 0 Å². The van der Waals surface area contributed by atoms with Crippen LogP contribution in [0.5, 0.6) is 5.75 Å². The molecule has 1 heterocycles. The average molecular weight is 341 g/mol. The van der Waals surface area contributed by atoms with Gasteiger partial charge in [0.15, 0.2) is 0 Å². The number of amides is 1. The van der Waals surface area contributed by atoms with Crippen LogP contribution in [0, 0.1) is 5.92 Å². The lowest BCUT2D eigenvalue weighted by Crippen LogP contribution is -2.42. The van der Waals surface area contributed by atoms with Gasteiger partial charge in [0.1, 0.15) is 5.75 Å². The summed E-state index contributed by atoms with van der Waals surface area (Å²) in [5, 5.41) is 11.3. The maximum Gasteiger partial charge on any atom is 0.308 e. The summed E-state index contributed by atoms with van der Waals surface area (Å²) < 4.78 is 5.85. The molecule has 5 nitrogen and oxygen atoms in total. The largest absolute Gasteiger partial charge is 0.493 e. The summed E-state index contributed by atoms with van der Waals surface area (Å²) in [7, 11) is 0. The first-order valence-electron chi connectivity index (χ1n) is 8.76. The highest BCUT2D eigenvalue weighted by atomic mass is 16.5. The Morgan fingerprint density at radius 2 is 1.96 bits per heavy atom. The number of carboxylic acids is 1. The van der Waals surface area contributed by atoms with Crippen molar-refractivity contribution in [3.05, 3.63) is 42.5 Å². The summed E-state index contributed by atoms with van der Waals surface area (Å²) in [6.07, 6.45) is 2.42. The Labute approximate surface area is 147 Å². The number of carbonyl (C=O) groups excluding carboxylic acids is 1. The fraction of sp³-hybridized carbons (Fsp3) is 0.400. The van der Waals surface area contributed by atoms with Crippen LogP contribution in [0.25, 0.3) is 10.8 Å². The number of carbonyl (C=O) groups is 2. The zero-order chi connectivity index (χ0) is 17.6. The number of piperidine rings is 1. The third-order valence-electron chi connectivity index (χ3n) is 4.67. The van der Waals surface area contributed by atoms with E-state index >= 15 is 0 Å². The van der Waals surface area contributed by atoms with Crippen LogP contribution in [-0.2, 0) is 9.59 Å². The van der Waals surface area contributed by atoms with Crippen molar-refractivity contribution in [2.75, 3.05) is 19.7 Å². The summed E-state index contributed by atoms with van der Waals surface area (Å²) in [6.45, 7) is 1.46. The highest BCUT2D eigenvalue weighted by Crippen LogP contribution is 2.25. The minimum absolute atomic E-state index is 0.0208. The first-order chi connectivity index (χ1) is 12.1. The molecular weight excluding hydrogens is 318 g/mol. The zero-order valence-corrected chi connectivity index (χ0v) is 14.2. The maximum absolute atomic E-state index is 12.3. The molecule has 1 fully saturated rings. The summed E-state index contributed by atoms with van der Waals surface area (Å²) in [4.78, 5) is 25.0. The van der Waals surface area contributed by atoms with Crippen molar-refractivity contribution in [2.24, 2.45) is 5.92 Å². The highest BCUT2D eigenvalue weighted by Gasteiger charge is 2.27. The van der Waals surface area contributed by atoms with Crippen molar-refractivity contribution in [1.29, 1.82) is 0 Å². The smallest absolute Gasteiger partial charge is 0.308 e. The lowest BCUT2D eigenvalue weighted by molar-refractivity contribution is -0.145. The van der Waals surface area contributed by atoms with Crippen molar-refractivity contribution < 1.29 is 19.4 Å². The minimum atomic E-state index is -0.809. The quantitative estimate of drug-likeness (QED) is 0.819. The van der Waals surface area contributed by atoms with Gasteiger partial charge in [-0.2, -0.15) is 0 Å². The Morgan fingerprint density at radius 3 is 2.80 bits per heavy atom. The van der Waals surface area contributed by atoms with Crippen molar-refractivity contribution in [2.45, 2.75) is 25.7 Å². The molecule has 0 spiro atoms. The summed E-state index contributed by atoms with van der Waals surface area (Å²) in [5.41, 5.74) is 0. The Hall–Kier alpha value is -2.56. The summed E-state index contributed by atoms with van der Waals surface area (Å²) in [5.74, 6) is -0.386. The number of fused-ring (bicyclic) bond motifs is 1. The van der Waals surface area contributed by atoms with Gasteiger partial charge in [-0.3, -0.25) is 9.59 Å². The van der Waals surface area contributed by atoms with Crippen molar-refractivity contribution in [1.82, 2.24) is 4.90 Å². The van der Waals surface area contributed by atoms with Gasteiger partial charge in [-0.15, -0.1) is 0 Å². The molecule has 1 saturated heterocycles. The number of aliphatic carboxylic acids is 1. The Morgan fingerprint density at radius 1 is 1.16 bits per heavy atom. The summed E-state index contributed by atoms with van der Waals surface area (Å²) >= 11 is 0. The molecule has 0 aromatic heterocycles. The Balaban J connectivity index is 1.48. The number of benzene rings is 2. The predicted molar refractivity (Wildman–Crippen MR) is 95.6 cm³/mol. The molecule has 132 valence electrons. The zero-order valence-electron chi connectivity index (χ0n) is 14.2. The second kappa shape index (κ2) is 8.01. The molecule has 0 radical (unpaired) electrons. The Bertz CT molecular complexity index is 753. The molecule has 5 heteroatoms. The van der Waals surface area contributed by atoms with E-state index in [0.29, 0.717) is 39.0 Å². The fourth-order valence-electron chi connectivity index (χ4n) is 3.29. The van der Waals surface area contributed by atoms with E-state index in [1.807, 2.05) is 42.5 Å². The predicted octanol–water partition coefficient (Wildman–Crippen LogP) is 3.32. The van der Waals surface area contributed by atoms with Gasteiger partial charge in [0.05, 0.1) is 12.5 Å². The molecule has 1 unspecified atom stereocenters. The van der Waals surface area contributed by atoms with E-state index in [0.717, 1.165) is 22.9 Å². The lowest BCUT2D eigenvalue weighted by Gasteiger charge is -2.30. The molecule has 1 aliphatic heterocycles. The molecule has 2 aromatic carbocycles. The normalized spacial score (nSPS) is 17.4. The van der Waals surface area contributed by atoms with E-state index in [2.05, 4.69) is 0 Å². The van der Waals surface area contributed by atoms with Crippen LogP contribution < -0.4 is 4.74 Å². The number of hydrogen-bond donors (Lipinski definition) is 1. The van der Waals surface area contributed by atoms with Crippen LogP contribution in [0.3, 0.4) is 0 Å². The first-order valence-corrected chi connectivity index (χ1v) is 8.76. The molecule has 3 rings (SSSR count). The van der Waals surface area contributed by atoms with E-state index < -0.39 is 11.9 Å². The molecule has 0 aliphatic carbocycles. The molecule has 1 atom stereocenters. The van der Waals surface area contributed by atoms with E-state index in [-0.39, 0.29) is 5.91 Å². The third kappa shape index (κ3) is 4.29. The van der Waals surface area contributed by atoms with Crippen LogP contribution >= 0.6 is 0 Å². The van der Waals surface area contributed by atoms with Gasteiger partial charge < -0.3 is 14.7 Å². The van der Waals surface area contributed by atoms with Crippen LogP contribution in [0.15, 0.2) is 42.5 Å². The van der Waals surface area contributed by atoms with Gasteiger partial charge in [-0.1, -0.05) is 36.4 Å². The second-order valence-corrected chi connectivity index (χ2v) is 6.45. The van der Waals surface area contributed by atoms with E-state index in [9.17, 15) is 9.59 Å². The Kier molecular flexibility index (Phi) is 5.53. The van der Waals surface area contributed by atoms with Crippen molar-refractivity contribution in [3.63, 3.8) is 0 Å². The van der Waals surface area contributed by atoms with E-state index in [1.54, 1.807) is 4.90 Å². The number of rotatable bonds is 6. The van der Waals surface area contributed by atoms with Gasteiger partial charge in [-0.05, 0) is 30.7 Å². The van der Waals surface area contributed by atoms with Gasteiger partial charge in [0.2, 0.25) is 5.91 Å². The molecule has 0 saturated carbocycles. The number of nitrogens with zero attached hydrogens (tertiary/aromatic N) is 1. The lowest BCUT2D eigenvalue weighted by atomic mass is 9.98. The van der Waals surface area contributed by atoms with Gasteiger partial charge >= 0.3 is 5.97 Å². The minimum Gasteiger partial charge on any atom is -0.493 e. The molecule has 0 bridgehead atoms. The first kappa shape index (κ1) is 17.3. The molecule has 2 aromatic rings. The standard InChI is InChI=1S/C20H23NO4/c22-19(21-12-4-8-16(14-21)20(23)24)11-5-13-25-18-10-3-7-15-6-1-2-9-17(15)18/h1-3,6-7,9-10,16H,4-5,8,11-14H2,(H,23,24). The number of hydrogen-bond acceptors (Lipinski definition) is 3. The molecule has 1 N–H and O–H groups in total. The van der Waals surface area contributed by atoms with Crippen LogP contribution in [0.1, 0.15) is 25.7 Å². The summed E-state index contributed by atoms with van der Waals surface area (Å²) in [6, 6.07) is 14.0. The fourth-order valence-corrected chi connectivity index (χ4v) is 3.29. The number of carboxylic acid groups (broad SMARTS) is 1. The molecule has 1 aliphatic rings. The third-order valence-corrected chi connectivity index (χ3v) is 4.67. The van der Waals surface area contributed by atoms with E-state index in [1.165, 1.54) is 0 Å². The molecular formula is C20H23NO4. The van der Waals surface area contributed by atoms with Crippen LogP contribution in [0.2, 0.25) is 0 Å². The van der Waals surface area contributed by atoms with Crippen molar-refractivity contribution in [3.8, 4) is 5.75 Å².